The summed E-state index contributed by atoms with van der Waals surface area (Å²) in [7, 11) is 0. The van der Waals surface area contributed by atoms with Crippen LogP contribution in [-0.4, -0.2) is 37.5 Å². The molecule has 7 nitrogen and oxygen atoms in total. The number of esters is 1. The molecule has 158 valence electrons. The van der Waals surface area contributed by atoms with E-state index in [1.807, 2.05) is 37.3 Å². The number of para-hydroxylation sites is 2. The number of nitrogens with zero attached hydrogens (tertiary/aromatic N) is 1. The first-order valence-electron chi connectivity index (χ1n) is 10.0. The van der Waals surface area contributed by atoms with Gasteiger partial charge in [0, 0.05) is 6.54 Å². The van der Waals surface area contributed by atoms with E-state index in [0.29, 0.717) is 11.4 Å². The zero-order valence-electron chi connectivity index (χ0n) is 17.2. The van der Waals surface area contributed by atoms with Crippen LogP contribution in [0.4, 0.5) is 5.69 Å². The summed E-state index contributed by atoms with van der Waals surface area (Å²) in [5.74, 6) is -0.530. The molecule has 7 heteroatoms. The van der Waals surface area contributed by atoms with Crippen molar-refractivity contribution < 1.29 is 23.9 Å². The van der Waals surface area contributed by atoms with Crippen molar-refractivity contribution in [2.45, 2.75) is 32.7 Å². The summed E-state index contributed by atoms with van der Waals surface area (Å²) in [5, 5.41) is 2.82. The fourth-order valence-corrected chi connectivity index (χ4v) is 3.23. The lowest BCUT2D eigenvalue weighted by molar-refractivity contribution is -0.148. The molecule has 0 spiro atoms. The Morgan fingerprint density at radius 2 is 1.90 bits per heavy atom. The first kappa shape index (κ1) is 21.4. The molecule has 1 N–H and O–H groups in total. The smallest absolute Gasteiger partial charge is 0.308 e. The zero-order chi connectivity index (χ0) is 21.5. The third-order valence-corrected chi connectivity index (χ3v) is 4.98. The lowest BCUT2D eigenvalue weighted by Crippen LogP contribution is -2.40. The SMILES string of the molecule is CCc1ccc([C@@H](C)NC(=O)COC(=O)CCN2C(=O)COc3ccccc32)cc1. The molecule has 1 atom stereocenters. The van der Waals surface area contributed by atoms with Gasteiger partial charge in [-0.15, -0.1) is 0 Å². The molecular weight excluding hydrogens is 384 g/mol. The van der Waals surface area contributed by atoms with Gasteiger partial charge in [-0.1, -0.05) is 43.3 Å². The molecule has 0 aliphatic carbocycles. The summed E-state index contributed by atoms with van der Waals surface area (Å²) >= 11 is 0. The summed E-state index contributed by atoms with van der Waals surface area (Å²) in [6.07, 6.45) is 0.944. The van der Waals surface area contributed by atoms with Crippen molar-refractivity contribution in [3.8, 4) is 5.75 Å². The molecule has 2 aromatic rings. The average molecular weight is 410 g/mol. The highest BCUT2D eigenvalue weighted by Crippen LogP contribution is 2.31. The van der Waals surface area contributed by atoms with Crippen molar-refractivity contribution in [2.24, 2.45) is 0 Å². The van der Waals surface area contributed by atoms with E-state index in [1.165, 1.54) is 10.5 Å². The number of fused-ring (bicyclic) bond motifs is 1. The quantitative estimate of drug-likeness (QED) is 0.677. The number of aryl methyl sites for hydroxylation is 1. The van der Waals surface area contributed by atoms with Gasteiger partial charge in [0.2, 0.25) is 0 Å². The van der Waals surface area contributed by atoms with E-state index in [9.17, 15) is 14.4 Å². The second kappa shape index (κ2) is 9.91. The molecule has 0 saturated carbocycles. The molecule has 0 radical (unpaired) electrons. The van der Waals surface area contributed by atoms with Gasteiger partial charge < -0.3 is 19.7 Å². The monoisotopic (exact) mass is 410 g/mol. The summed E-state index contributed by atoms with van der Waals surface area (Å²) in [5.41, 5.74) is 2.84. The van der Waals surface area contributed by atoms with E-state index in [1.54, 1.807) is 18.2 Å². The van der Waals surface area contributed by atoms with Crippen LogP contribution in [0.2, 0.25) is 0 Å². The first-order valence-corrected chi connectivity index (χ1v) is 10.0. The van der Waals surface area contributed by atoms with Crippen LogP contribution in [0.5, 0.6) is 5.75 Å². The number of hydrogen-bond acceptors (Lipinski definition) is 5. The number of carbonyl (C=O) groups is 3. The normalized spacial score (nSPS) is 13.8. The molecule has 1 aliphatic rings. The van der Waals surface area contributed by atoms with Gasteiger partial charge in [-0.05, 0) is 36.6 Å². The van der Waals surface area contributed by atoms with Crippen molar-refractivity contribution >= 4 is 23.5 Å². The van der Waals surface area contributed by atoms with E-state index in [2.05, 4.69) is 12.2 Å². The molecule has 30 heavy (non-hydrogen) atoms. The van der Waals surface area contributed by atoms with Crippen LogP contribution >= 0.6 is 0 Å². The fraction of sp³-hybridized carbons (Fsp3) is 0.348. The molecule has 0 bridgehead atoms. The average Bonchev–Trinajstić information content (AvgIpc) is 2.77. The summed E-state index contributed by atoms with van der Waals surface area (Å²) in [4.78, 5) is 37.8. The number of benzene rings is 2. The number of amides is 2. The topological polar surface area (TPSA) is 84.9 Å². The maximum absolute atomic E-state index is 12.1. The highest BCUT2D eigenvalue weighted by molar-refractivity contribution is 5.98. The summed E-state index contributed by atoms with van der Waals surface area (Å²) in [6.45, 7) is 3.71. The van der Waals surface area contributed by atoms with Gasteiger partial charge >= 0.3 is 5.97 Å². The van der Waals surface area contributed by atoms with Gasteiger partial charge in [-0.3, -0.25) is 14.4 Å². The Hall–Kier alpha value is -3.35. The van der Waals surface area contributed by atoms with Gasteiger partial charge in [-0.2, -0.15) is 0 Å². The second-order valence-electron chi connectivity index (χ2n) is 7.10. The van der Waals surface area contributed by atoms with E-state index < -0.39 is 5.97 Å². The molecular formula is C23H26N2O5. The van der Waals surface area contributed by atoms with Crippen LogP contribution in [-0.2, 0) is 25.5 Å². The maximum Gasteiger partial charge on any atom is 0.308 e. The number of rotatable bonds is 8. The van der Waals surface area contributed by atoms with Crippen LogP contribution in [0.3, 0.4) is 0 Å². The zero-order valence-corrected chi connectivity index (χ0v) is 17.2. The minimum absolute atomic E-state index is 0.0125. The Labute approximate surface area is 176 Å². The fourth-order valence-electron chi connectivity index (χ4n) is 3.23. The van der Waals surface area contributed by atoms with Crippen LogP contribution < -0.4 is 15.0 Å². The third kappa shape index (κ3) is 5.37. The van der Waals surface area contributed by atoms with Crippen LogP contribution in [0.1, 0.15) is 37.4 Å². The van der Waals surface area contributed by atoms with Gasteiger partial charge in [0.1, 0.15) is 5.75 Å². The van der Waals surface area contributed by atoms with E-state index in [4.69, 9.17) is 9.47 Å². The Balaban J connectivity index is 1.44. The Bertz CT molecular complexity index is 910. The number of nitrogens with one attached hydrogen (secondary N) is 1. The minimum atomic E-state index is -0.540. The molecule has 0 fully saturated rings. The van der Waals surface area contributed by atoms with Crippen molar-refractivity contribution in [1.82, 2.24) is 5.32 Å². The third-order valence-electron chi connectivity index (χ3n) is 4.98. The predicted octanol–water partition coefficient (Wildman–Crippen LogP) is 2.79. The first-order chi connectivity index (χ1) is 14.5. The van der Waals surface area contributed by atoms with Gasteiger partial charge in [0.05, 0.1) is 18.2 Å². The molecule has 0 aromatic heterocycles. The summed E-state index contributed by atoms with van der Waals surface area (Å²) in [6, 6.07) is 15.0. The lowest BCUT2D eigenvalue weighted by Gasteiger charge is -2.28. The molecule has 2 amide bonds. The second-order valence-corrected chi connectivity index (χ2v) is 7.10. The minimum Gasteiger partial charge on any atom is -0.482 e. The molecule has 2 aromatic carbocycles. The van der Waals surface area contributed by atoms with E-state index in [-0.39, 0.29) is 44.0 Å². The Kier molecular flexibility index (Phi) is 7.06. The van der Waals surface area contributed by atoms with Gasteiger partial charge in [0.25, 0.3) is 11.8 Å². The van der Waals surface area contributed by atoms with Crippen LogP contribution in [0.15, 0.2) is 48.5 Å². The number of carbonyl (C=O) groups excluding carboxylic acids is 3. The summed E-state index contributed by atoms with van der Waals surface area (Å²) < 4.78 is 10.4. The molecule has 1 aliphatic heterocycles. The number of anilines is 1. The van der Waals surface area contributed by atoms with E-state index >= 15 is 0 Å². The largest absolute Gasteiger partial charge is 0.482 e. The van der Waals surface area contributed by atoms with Crippen molar-refractivity contribution in [2.75, 3.05) is 24.7 Å². The molecule has 3 rings (SSSR count). The molecule has 1 heterocycles. The van der Waals surface area contributed by atoms with Crippen molar-refractivity contribution in [3.05, 3.63) is 59.7 Å². The molecule has 0 unspecified atom stereocenters. The van der Waals surface area contributed by atoms with Gasteiger partial charge in [-0.25, -0.2) is 0 Å². The standard InChI is InChI=1S/C23H26N2O5/c1-3-17-8-10-18(11-9-17)16(2)24-21(26)14-30-23(28)12-13-25-19-6-4-5-7-20(19)29-15-22(25)27/h4-11,16H,3,12-15H2,1-2H3,(H,24,26)/t16-/m1/s1. The van der Waals surface area contributed by atoms with Crippen molar-refractivity contribution in [3.63, 3.8) is 0 Å². The predicted molar refractivity (Wildman–Crippen MR) is 112 cm³/mol. The maximum atomic E-state index is 12.1. The van der Waals surface area contributed by atoms with Crippen LogP contribution in [0.25, 0.3) is 0 Å². The molecule has 0 saturated heterocycles. The van der Waals surface area contributed by atoms with Gasteiger partial charge in [0.15, 0.2) is 13.2 Å². The lowest BCUT2D eigenvalue weighted by atomic mass is 10.1. The highest BCUT2D eigenvalue weighted by atomic mass is 16.5. The number of ether oxygens (including phenoxy) is 2. The Morgan fingerprint density at radius 3 is 2.63 bits per heavy atom. The number of hydrogen-bond donors (Lipinski definition) is 1. The van der Waals surface area contributed by atoms with E-state index in [0.717, 1.165) is 12.0 Å². The highest BCUT2D eigenvalue weighted by Gasteiger charge is 2.25. The van der Waals surface area contributed by atoms with Crippen molar-refractivity contribution in [1.29, 1.82) is 0 Å². The Morgan fingerprint density at radius 1 is 1.17 bits per heavy atom. The van der Waals surface area contributed by atoms with Crippen LogP contribution in [0, 0.1) is 0 Å².